The minimum Gasteiger partial charge on any atom is -0.506 e. The Balaban J connectivity index is 1.44. The number of benzene rings is 2. The van der Waals surface area contributed by atoms with Crippen LogP contribution >= 0.6 is 23.2 Å². The lowest BCUT2D eigenvalue weighted by Crippen LogP contribution is -2.63. The molecule has 0 spiro atoms. The summed E-state index contributed by atoms with van der Waals surface area (Å²) in [7, 11) is 0. The van der Waals surface area contributed by atoms with Crippen molar-refractivity contribution in [3.63, 3.8) is 0 Å². The van der Waals surface area contributed by atoms with Crippen LogP contribution in [0.3, 0.4) is 0 Å². The first-order valence-electron chi connectivity index (χ1n) is 15.1. The number of aryl methyl sites for hydroxylation is 1. The number of nitrogens with zero attached hydrogens (tertiary/aromatic N) is 2. The number of phenolic OH excluding ortho intramolecular Hbond substituents is 3. The van der Waals surface area contributed by atoms with Gasteiger partial charge in [0.25, 0.3) is 11.8 Å². The molecule has 0 saturated carbocycles. The lowest BCUT2D eigenvalue weighted by molar-refractivity contribution is -0.163. The Morgan fingerprint density at radius 3 is 2.00 bits per heavy atom. The Bertz CT molecular complexity index is 1540. The smallest absolute Gasteiger partial charge is 0.352 e. The van der Waals surface area contributed by atoms with Crippen molar-refractivity contribution in [2.45, 2.75) is 45.8 Å². The first-order valence-corrected chi connectivity index (χ1v) is 15.9. The second-order valence-corrected chi connectivity index (χ2v) is 12.6. The summed E-state index contributed by atoms with van der Waals surface area (Å²) >= 11 is 12.2. The number of aliphatic hydroxyl groups excluding tert-OH is 1. The minimum absolute atomic E-state index is 0.0190. The maximum atomic E-state index is 12.8. The van der Waals surface area contributed by atoms with Crippen molar-refractivity contribution in [1.82, 2.24) is 20.4 Å². The van der Waals surface area contributed by atoms with Crippen LogP contribution in [0.4, 0.5) is 0 Å². The van der Waals surface area contributed by atoms with E-state index in [1.807, 2.05) is 11.8 Å². The Kier molecular flexibility index (Phi) is 11.3. The predicted molar refractivity (Wildman–Crippen MR) is 173 cm³/mol. The van der Waals surface area contributed by atoms with Gasteiger partial charge in [0.1, 0.15) is 11.4 Å². The number of aromatic hydroxyl groups is 3. The number of nitrogens with one attached hydrogen (secondary N) is 2. The minimum atomic E-state index is -1.24. The largest absolute Gasteiger partial charge is 0.506 e. The van der Waals surface area contributed by atoms with Crippen molar-refractivity contribution in [1.29, 1.82) is 0 Å². The normalized spacial score (nSPS) is 19.4. The third-order valence-electron chi connectivity index (χ3n) is 8.69. The number of hydrogen-bond acceptors (Lipinski definition) is 9. The van der Waals surface area contributed by atoms with Gasteiger partial charge in [-0.3, -0.25) is 19.3 Å². The molecule has 0 aromatic heterocycles. The van der Waals surface area contributed by atoms with Gasteiger partial charge in [-0.2, -0.15) is 0 Å². The number of halogens is 2. The van der Waals surface area contributed by atoms with Crippen LogP contribution in [-0.4, -0.2) is 104 Å². The van der Waals surface area contributed by atoms with Crippen LogP contribution < -0.4 is 10.6 Å². The summed E-state index contributed by atoms with van der Waals surface area (Å²) in [5, 5.41) is 54.9. The molecule has 1 fully saturated rings. The fourth-order valence-electron chi connectivity index (χ4n) is 6.13. The van der Waals surface area contributed by atoms with Gasteiger partial charge in [-0.25, -0.2) is 4.79 Å². The van der Waals surface area contributed by atoms with E-state index < -0.39 is 53.3 Å². The van der Waals surface area contributed by atoms with Crippen molar-refractivity contribution in [3.05, 3.63) is 62.3 Å². The first kappa shape index (κ1) is 35.8. The van der Waals surface area contributed by atoms with E-state index in [9.17, 15) is 44.7 Å². The highest BCUT2D eigenvalue weighted by atomic mass is 35.5. The molecular formula is C32H38Cl2N4O9. The van der Waals surface area contributed by atoms with Crippen LogP contribution in [0.25, 0.3) is 0 Å². The quantitative estimate of drug-likeness (QED) is 0.0877. The average Bonchev–Trinajstić information content (AvgIpc) is 3.25. The monoisotopic (exact) mass is 692 g/mol. The van der Waals surface area contributed by atoms with E-state index in [1.165, 1.54) is 24.0 Å². The van der Waals surface area contributed by atoms with E-state index in [2.05, 4.69) is 10.6 Å². The van der Waals surface area contributed by atoms with Gasteiger partial charge in [-0.05, 0) is 56.0 Å². The number of aliphatic hydroxyl groups is 1. The zero-order valence-corrected chi connectivity index (χ0v) is 27.6. The lowest BCUT2D eigenvalue weighted by atomic mass is 9.77. The Morgan fingerprint density at radius 2 is 1.47 bits per heavy atom. The van der Waals surface area contributed by atoms with Crippen molar-refractivity contribution >= 4 is 46.9 Å². The summed E-state index contributed by atoms with van der Waals surface area (Å²) in [6.07, 6.45) is -0.0655. The van der Waals surface area contributed by atoms with E-state index in [1.54, 1.807) is 13.0 Å². The second kappa shape index (κ2) is 14.8. The van der Waals surface area contributed by atoms with Crippen LogP contribution in [0.15, 0.2) is 35.5 Å². The zero-order valence-electron chi connectivity index (χ0n) is 26.1. The van der Waals surface area contributed by atoms with Crippen LogP contribution in [0.1, 0.15) is 53.0 Å². The Labute approximate surface area is 281 Å². The summed E-state index contributed by atoms with van der Waals surface area (Å²) < 4.78 is 0. The molecular weight excluding hydrogens is 655 g/mol. The number of carbonyl (C=O) groups excluding carboxylic acids is 3. The maximum absolute atomic E-state index is 12.8. The molecule has 2 aliphatic rings. The highest BCUT2D eigenvalue weighted by Crippen LogP contribution is 2.47. The Morgan fingerprint density at radius 1 is 0.936 bits per heavy atom. The molecule has 47 heavy (non-hydrogen) atoms. The average molecular weight is 694 g/mol. The third-order valence-corrected chi connectivity index (χ3v) is 9.45. The molecule has 2 aromatic rings. The molecule has 0 aliphatic carbocycles. The van der Waals surface area contributed by atoms with Gasteiger partial charge in [0.15, 0.2) is 11.5 Å². The molecule has 13 nitrogen and oxygen atoms in total. The van der Waals surface area contributed by atoms with Crippen molar-refractivity contribution in [2.75, 3.05) is 32.7 Å². The molecule has 7 N–H and O–H groups in total. The number of phenols is 3. The first-order chi connectivity index (χ1) is 22.2. The second-order valence-electron chi connectivity index (χ2n) is 11.8. The van der Waals surface area contributed by atoms with E-state index >= 15 is 0 Å². The van der Waals surface area contributed by atoms with Crippen LogP contribution in [0, 0.1) is 18.8 Å². The van der Waals surface area contributed by atoms with Crippen molar-refractivity contribution in [3.8, 4) is 17.2 Å². The molecule has 1 saturated heterocycles. The molecule has 2 aliphatic heterocycles. The molecule has 2 heterocycles. The van der Waals surface area contributed by atoms with E-state index in [-0.39, 0.29) is 58.2 Å². The van der Waals surface area contributed by atoms with Gasteiger partial charge in [-0.1, -0.05) is 36.2 Å². The number of carboxylic acid groups (broad SMARTS) is 1. The van der Waals surface area contributed by atoms with Gasteiger partial charge in [0.2, 0.25) is 5.91 Å². The molecule has 2 aromatic carbocycles. The highest BCUT2D eigenvalue weighted by Gasteiger charge is 2.59. The lowest BCUT2D eigenvalue weighted by Gasteiger charge is -2.46. The molecule has 254 valence electrons. The topological polar surface area (TPSA) is 200 Å². The van der Waals surface area contributed by atoms with Gasteiger partial charge in [0.05, 0.1) is 39.2 Å². The fraction of sp³-hybridized carbons (Fsp3) is 0.438. The van der Waals surface area contributed by atoms with Crippen LogP contribution in [0.5, 0.6) is 17.2 Å². The van der Waals surface area contributed by atoms with Crippen molar-refractivity contribution < 1.29 is 44.7 Å². The van der Waals surface area contributed by atoms with Gasteiger partial charge in [-0.15, -0.1) is 0 Å². The summed E-state index contributed by atoms with van der Waals surface area (Å²) in [6, 6.07) is 5.07. The molecule has 0 radical (unpaired) electrons. The summed E-state index contributed by atoms with van der Waals surface area (Å²) in [5.74, 6) is -4.96. The summed E-state index contributed by atoms with van der Waals surface area (Å²) in [4.78, 5) is 53.8. The molecule has 4 atom stereocenters. The number of fused-ring (bicyclic) bond motifs is 1. The number of hydrogen-bond donors (Lipinski definition) is 7. The molecule has 15 heteroatoms. The standard InChI is InChI=1S/C32H38Cl2N4O9/c1-15-6-7-18(23(33)27(15)41)29(43)35-10-4-12-37(13-5-11-36-30(44)19-8-9-21(40)28(42)24(19)34)14-20-16(2)25-22(17(3)39)31(45)38(25)26(20)32(46)47/h6-9,16-17,22,25,39-42H,4-5,10-14H2,1-3H3,(H,35,43)(H,36,44)(H,46,47)/t16-,17+,22+,25+/m0/s1. The van der Waals surface area contributed by atoms with E-state index in [0.717, 1.165) is 6.07 Å². The van der Waals surface area contributed by atoms with Crippen LogP contribution in [0.2, 0.25) is 10.0 Å². The number of amides is 3. The molecule has 3 amide bonds. The molecule has 0 unspecified atom stereocenters. The van der Waals surface area contributed by atoms with Gasteiger partial charge >= 0.3 is 5.97 Å². The number of carboxylic acids is 1. The van der Waals surface area contributed by atoms with Gasteiger partial charge in [0, 0.05) is 38.6 Å². The number of aliphatic carboxylic acids is 1. The van der Waals surface area contributed by atoms with Gasteiger partial charge < -0.3 is 41.1 Å². The third kappa shape index (κ3) is 7.28. The van der Waals surface area contributed by atoms with E-state index in [4.69, 9.17) is 23.2 Å². The predicted octanol–water partition coefficient (Wildman–Crippen LogP) is 2.86. The molecule has 0 bridgehead atoms. The number of rotatable bonds is 14. The Hall–Kier alpha value is -4.04. The summed E-state index contributed by atoms with van der Waals surface area (Å²) in [6.45, 7) is 6.41. The number of β-lactam (4-membered cyclic amide) rings is 1. The maximum Gasteiger partial charge on any atom is 0.352 e. The summed E-state index contributed by atoms with van der Waals surface area (Å²) in [5.41, 5.74) is 1.09. The van der Waals surface area contributed by atoms with E-state index in [0.29, 0.717) is 37.1 Å². The number of carbonyl (C=O) groups is 4. The highest BCUT2D eigenvalue weighted by molar-refractivity contribution is 6.35. The zero-order chi connectivity index (χ0) is 34.7. The molecule has 4 rings (SSSR count). The fourth-order valence-corrected chi connectivity index (χ4v) is 6.67. The van der Waals surface area contributed by atoms with Crippen molar-refractivity contribution in [2.24, 2.45) is 11.8 Å². The van der Waals surface area contributed by atoms with Crippen LogP contribution in [-0.2, 0) is 9.59 Å². The SMILES string of the molecule is Cc1ccc(C(=O)NCCCN(CCCNC(=O)c2ccc(O)c(O)c2Cl)CC2=C(C(=O)O)N3C(=O)[C@H]([C@@H](C)O)[C@H]3[C@H]2C)c(Cl)c1O.